The van der Waals surface area contributed by atoms with Gasteiger partial charge in [-0.15, -0.1) is 35.7 Å². The number of hydrogen-bond acceptors (Lipinski definition) is 4. The molecule has 0 fully saturated rings. The summed E-state index contributed by atoms with van der Waals surface area (Å²) in [7, 11) is 0. The minimum Gasteiger partial charge on any atom is -0.509 e. The molecular weight excluding hydrogens is 772 g/mol. The molecule has 240 valence electrons. The zero-order chi connectivity index (χ0) is 32.3. The number of para-hydroxylation sites is 3. The standard InChI is InChI=1S/C42H36N4O.Pt/c1-28-12-10-13-29(2)41(28)30-22-23-43-40(24-30)46-36-17-7-6-16-34(36)35-21-20-33(26-39(35)46)47-32-15-11-14-31(25-32)44-27-45(42(3,4)5)38-19-9-8-18-37(38)44;/h6-24H,27H2,1-5H3;/q-2;+2. The number of ether oxygens (including phenoxy) is 1. The van der Waals surface area contributed by atoms with Crippen LogP contribution in [0, 0.1) is 26.0 Å². The maximum absolute atomic E-state index is 6.50. The number of hydrogen-bond donors (Lipinski definition) is 0. The molecule has 6 heteroatoms. The number of nitrogens with zero attached hydrogens (tertiary/aromatic N) is 4. The summed E-state index contributed by atoms with van der Waals surface area (Å²) in [5.41, 5.74) is 10.2. The summed E-state index contributed by atoms with van der Waals surface area (Å²) in [5, 5.41) is 2.25. The van der Waals surface area contributed by atoms with Crippen molar-refractivity contribution in [3.05, 3.63) is 139 Å². The van der Waals surface area contributed by atoms with E-state index in [9.17, 15) is 0 Å². The fraction of sp³-hybridized carbons (Fsp3) is 0.167. The predicted molar refractivity (Wildman–Crippen MR) is 193 cm³/mol. The first-order chi connectivity index (χ1) is 22.8. The van der Waals surface area contributed by atoms with Crippen LogP contribution in [0.4, 0.5) is 17.1 Å². The maximum atomic E-state index is 6.50. The molecule has 5 nitrogen and oxygen atoms in total. The van der Waals surface area contributed by atoms with Gasteiger partial charge in [0.1, 0.15) is 5.82 Å². The van der Waals surface area contributed by atoms with Gasteiger partial charge in [-0.3, -0.25) is 0 Å². The van der Waals surface area contributed by atoms with Gasteiger partial charge in [0.15, 0.2) is 0 Å². The van der Waals surface area contributed by atoms with Crippen LogP contribution in [0.1, 0.15) is 31.9 Å². The number of rotatable bonds is 5. The Balaban J connectivity index is 0.00000364. The van der Waals surface area contributed by atoms with E-state index >= 15 is 0 Å². The van der Waals surface area contributed by atoms with Crippen molar-refractivity contribution in [2.24, 2.45) is 0 Å². The normalized spacial score (nSPS) is 12.8. The number of pyridine rings is 1. The van der Waals surface area contributed by atoms with E-state index in [2.05, 4.69) is 152 Å². The van der Waals surface area contributed by atoms with Crippen molar-refractivity contribution in [2.45, 2.75) is 40.2 Å². The smallest absolute Gasteiger partial charge is 0.509 e. The molecule has 0 saturated carbocycles. The van der Waals surface area contributed by atoms with Gasteiger partial charge in [-0.25, -0.2) is 4.98 Å². The van der Waals surface area contributed by atoms with E-state index in [1.54, 1.807) is 0 Å². The van der Waals surface area contributed by atoms with Crippen LogP contribution in [0.3, 0.4) is 0 Å². The summed E-state index contributed by atoms with van der Waals surface area (Å²) in [5.74, 6) is 2.11. The zero-order valence-corrected chi connectivity index (χ0v) is 30.0. The van der Waals surface area contributed by atoms with Crippen molar-refractivity contribution in [3.8, 4) is 28.4 Å². The first-order valence-electron chi connectivity index (χ1n) is 16.1. The molecule has 0 aliphatic carbocycles. The van der Waals surface area contributed by atoms with Crippen LogP contribution < -0.4 is 14.5 Å². The van der Waals surface area contributed by atoms with Gasteiger partial charge < -0.3 is 19.1 Å². The molecule has 5 aromatic carbocycles. The second-order valence-corrected chi connectivity index (χ2v) is 13.3. The Morgan fingerprint density at radius 3 is 2.21 bits per heavy atom. The summed E-state index contributed by atoms with van der Waals surface area (Å²) in [4.78, 5) is 9.59. The summed E-state index contributed by atoms with van der Waals surface area (Å²) < 4.78 is 8.69. The zero-order valence-electron chi connectivity index (χ0n) is 27.7. The average Bonchev–Trinajstić information content (AvgIpc) is 3.62. The van der Waals surface area contributed by atoms with Gasteiger partial charge in [-0.1, -0.05) is 59.7 Å². The Bertz CT molecular complexity index is 2280. The monoisotopic (exact) mass is 807 g/mol. The first-order valence-corrected chi connectivity index (χ1v) is 16.1. The van der Waals surface area contributed by atoms with Crippen molar-refractivity contribution in [1.82, 2.24) is 9.55 Å². The molecule has 0 amide bonds. The van der Waals surface area contributed by atoms with Crippen LogP contribution in [0.5, 0.6) is 11.5 Å². The van der Waals surface area contributed by atoms with E-state index in [1.165, 1.54) is 28.1 Å². The third-order valence-electron chi connectivity index (χ3n) is 9.12. The summed E-state index contributed by atoms with van der Waals surface area (Å²) in [6.07, 6.45) is 1.90. The van der Waals surface area contributed by atoms with Gasteiger partial charge in [0, 0.05) is 28.8 Å². The van der Waals surface area contributed by atoms with Crippen LogP contribution in [-0.4, -0.2) is 21.8 Å². The van der Waals surface area contributed by atoms with E-state index < -0.39 is 0 Å². The van der Waals surface area contributed by atoms with Gasteiger partial charge >= 0.3 is 21.1 Å². The average molecular weight is 808 g/mol. The molecule has 0 saturated heterocycles. The third kappa shape index (κ3) is 5.46. The summed E-state index contributed by atoms with van der Waals surface area (Å²) in [6.45, 7) is 11.8. The molecular formula is C42H36N4OPt. The Morgan fingerprint density at radius 1 is 0.708 bits per heavy atom. The van der Waals surface area contributed by atoms with E-state index in [0.717, 1.165) is 45.5 Å². The molecule has 3 heterocycles. The van der Waals surface area contributed by atoms with Crippen molar-refractivity contribution in [2.75, 3.05) is 16.5 Å². The first kappa shape index (κ1) is 31.7. The SMILES string of the molecule is Cc1cccc(C)c1-c1ccnc(-n2c3[c-]c(Oc4[c-]c(N5CN(C(C)(C)C)c6ccccc65)ccc4)ccc3c3ccccc32)c1.[Pt+2]. The summed E-state index contributed by atoms with van der Waals surface area (Å²) >= 11 is 0. The maximum Gasteiger partial charge on any atom is 2.00 e. The van der Waals surface area contributed by atoms with E-state index in [0.29, 0.717) is 11.5 Å². The van der Waals surface area contributed by atoms with Crippen LogP contribution in [0.25, 0.3) is 38.8 Å². The summed E-state index contributed by atoms with van der Waals surface area (Å²) in [6, 6.07) is 45.0. The van der Waals surface area contributed by atoms with E-state index in [4.69, 9.17) is 9.72 Å². The molecule has 0 unspecified atom stereocenters. The molecule has 0 N–H and O–H groups in total. The van der Waals surface area contributed by atoms with E-state index in [-0.39, 0.29) is 26.6 Å². The number of aryl methyl sites for hydroxylation is 2. The molecule has 0 bridgehead atoms. The van der Waals surface area contributed by atoms with Crippen LogP contribution in [0.15, 0.2) is 115 Å². The molecule has 1 aliphatic rings. The quantitative estimate of drug-likeness (QED) is 0.162. The number of anilines is 3. The number of aromatic nitrogens is 2. The Kier molecular flexibility index (Phi) is 8.13. The van der Waals surface area contributed by atoms with Crippen molar-refractivity contribution >= 4 is 38.9 Å². The van der Waals surface area contributed by atoms with Gasteiger partial charge in [-0.2, -0.15) is 12.1 Å². The second kappa shape index (κ2) is 12.3. The molecule has 8 rings (SSSR count). The van der Waals surface area contributed by atoms with Crippen molar-refractivity contribution in [1.29, 1.82) is 0 Å². The van der Waals surface area contributed by atoms with Gasteiger partial charge in [0.2, 0.25) is 0 Å². The largest absolute Gasteiger partial charge is 2.00 e. The van der Waals surface area contributed by atoms with Gasteiger partial charge in [-0.05, 0) is 92.6 Å². The molecule has 0 spiro atoms. The molecule has 48 heavy (non-hydrogen) atoms. The molecule has 0 radical (unpaired) electrons. The number of benzene rings is 5. The van der Waals surface area contributed by atoms with Gasteiger partial charge in [0.05, 0.1) is 18.0 Å². The topological polar surface area (TPSA) is 33.5 Å². The third-order valence-corrected chi connectivity index (χ3v) is 9.12. The Labute approximate surface area is 296 Å². The Morgan fingerprint density at radius 2 is 1.42 bits per heavy atom. The molecule has 1 aliphatic heterocycles. The van der Waals surface area contributed by atoms with Crippen LogP contribution in [-0.2, 0) is 21.1 Å². The number of fused-ring (bicyclic) bond motifs is 4. The minimum absolute atomic E-state index is 0. The molecule has 0 atom stereocenters. The second-order valence-electron chi connectivity index (χ2n) is 13.3. The van der Waals surface area contributed by atoms with E-state index in [1.807, 2.05) is 24.4 Å². The van der Waals surface area contributed by atoms with Crippen molar-refractivity contribution < 1.29 is 25.8 Å². The fourth-order valence-corrected chi connectivity index (χ4v) is 6.90. The van der Waals surface area contributed by atoms with Crippen LogP contribution >= 0.6 is 0 Å². The minimum atomic E-state index is -0.0189. The molecule has 2 aromatic heterocycles. The van der Waals surface area contributed by atoms with Crippen LogP contribution in [0.2, 0.25) is 0 Å². The molecule has 7 aromatic rings. The Hall–Kier alpha value is -4.86. The van der Waals surface area contributed by atoms with Crippen molar-refractivity contribution in [3.63, 3.8) is 0 Å². The van der Waals surface area contributed by atoms with Gasteiger partial charge in [0.25, 0.3) is 0 Å². The predicted octanol–water partition coefficient (Wildman–Crippen LogP) is 10.6. The fourth-order valence-electron chi connectivity index (χ4n) is 6.90.